The van der Waals surface area contributed by atoms with E-state index in [1.807, 2.05) is 54.3 Å². The number of aromatic carboxylic acids is 2. The minimum atomic E-state index is -1.25. The van der Waals surface area contributed by atoms with Crippen molar-refractivity contribution in [3.8, 4) is 11.3 Å². The smallest absolute Gasteiger partial charge is 0.335 e. The van der Waals surface area contributed by atoms with E-state index in [-0.39, 0.29) is 30.0 Å². The van der Waals surface area contributed by atoms with Gasteiger partial charge in [0, 0.05) is 30.4 Å². The van der Waals surface area contributed by atoms with Crippen LogP contribution < -0.4 is 10.6 Å². The molecular weight excluding hydrogens is 556 g/mol. The Morgan fingerprint density at radius 1 is 1.00 bits per heavy atom. The molecule has 1 aliphatic rings. The highest BCUT2D eigenvalue weighted by atomic mass is 32.1. The van der Waals surface area contributed by atoms with Crippen LogP contribution in [0, 0.1) is 0 Å². The molecule has 0 bridgehead atoms. The van der Waals surface area contributed by atoms with E-state index >= 15 is 0 Å². The molecule has 2 aromatic carbocycles. The van der Waals surface area contributed by atoms with Gasteiger partial charge in [0.25, 0.3) is 0 Å². The molecule has 0 radical (unpaired) electrons. The van der Waals surface area contributed by atoms with Gasteiger partial charge in [-0.2, -0.15) is 0 Å². The van der Waals surface area contributed by atoms with Crippen molar-refractivity contribution >= 4 is 40.9 Å². The number of amides is 1. The summed E-state index contributed by atoms with van der Waals surface area (Å²) < 4.78 is 6.23. The maximum Gasteiger partial charge on any atom is 0.335 e. The summed E-state index contributed by atoms with van der Waals surface area (Å²) in [5.74, 6) is -1.88. The van der Waals surface area contributed by atoms with Crippen LogP contribution in [0.4, 0.5) is 5.69 Å². The van der Waals surface area contributed by atoms with E-state index in [2.05, 4.69) is 15.6 Å². The lowest BCUT2D eigenvalue weighted by Gasteiger charge is -2.26. The monoisotopic (exact) mass is 584 g/mol. The lowest BCUT2D eigenvalue weighted by molar-refractivity contribution is -0.116. The molecule has 0 aliphatic carbocycles. The number of carbonyl (C=O) groups is 3. The van der Waals surface area contributed by atoms with Gasteiger partial charge in [0.15, 0.2) is 5.11 Å². The highest BCUT2D eigenvalue weighted by molar-refractivity contribution is 7.80. The Morgan fingerprint density at radius 2 is 1.71 bits per heavy atom. The molecule has 4 aromatic rings. The van der Waals surface area contributed by atoms with Crippen LogP contribution in [0.3, 0.4) is 0 Å². The number of hydrogen-bond acceptors (Lipinski definition) is 6. The fraction of sp³-hybridized carbons (Fsp3) is 0.194. The molecule has 10 nitrogen and oxygen atoms in total. The topological polar surface area (TPSA) is 145 Å². The number of rotatable bonds is 10. The molecule has 1 saturated heterocycles. The van der Waals surface area contributed by atoms with E-state index in [1.54, 1.807) is 18.3 Å². The second-order valence-corrected chi connectivity index (χ2v) is 10.1. The summed E-state index contributed by atoms with van der Waals surface area (Å²) in [7, 11) is 0. The highest BCUT2D eigenvalue weighted by Gasteiger charge is 2.41. The summed E-state index contributed by atoms with van der Waals surface area (Å²) in [6, 6.07) is 19.5. The fourth-order valence-corrected chi connectivity index (χ4v) is 5.36. The number of aryl methyl sites for hydroxylation is 1. The molecule has 1 amide bonds. The van der Waals surface area contributed by atoms with Crippen molar-refractivity contribution in [2.75, 3.05) is 11.9 Å². The molecular formula is C31H28N4O6S. The van der Waals surface area contributed by atoms with Gasteiger partial charge in [-0.15, -0.1) is 0 Å². The van der Waals surface area contributed by atoms with Crippen LogP contribution in [-0.4, -0.2) is 49.6 Å². The average Bonchev–Trinajstić information content (AvgIpc) is 3.61. The van der Waals surface area contributed by atoms with Gasteiger partial charge < -0.3 is 30.2 Å². The zero-order valence-corrected chi connectivity index (χ0v) is 23.4. The van der Waals surface area contributed by atoms with E-state index in [9.17, 15) is 24.6 Å². The number of nitrogens with one attached hydrogen (secondary N) is 2. The van der Waals surface area contributed by atoms with Gasteiger partial charge in [0.1, 0.15) is 17.6 Å². The summed E-state index contributed by atoms with van der Waals surface area (Å²) in [5.41, 5.74) is 2.49. The number of nitrogens with zero attached hydrogens (tertiary/aromatic N) is 2. The Bertz CT molecular complexity index is 1620. The predicted molar refractivity (Wildman–Crippen MR) is 159 cm³/mol. The summed E-state index contributed by atoms with van der Waals surface area (Å²) in [6.07, 6.45) is 2.62. The van der Waals surface area contributed by atoms with Crippen molar-refractivity contribution in [1.82, 2.24) is 15.2 Å². The van der Waals surface area contributed by atoms with Crippen LogP contribution in [0.2, 0.25) is 0 Å². The molecule has 1 aliphatic heterocycles. The predicted octanol–water partition coefficient (Wildman–Crippen LogP) is 5.30. The van der Waals surface area contributed by atoms with Gasteiger partial charge >= 0.3 is 11.9 Å². The average molecular weight is 585 g/mol. The number of carboxylic acids is 2. The minimum absolute atomic E-state index is 0.154. The van der Waals surface area contributed by atoms with Gasteiger partial charge in [-0.25, -0.2) is 9.59 Å². The Kier molecular flexibility index (Phi) is 8.30. The highest BCUT2D eigenvalue weighted by Crippen LogP contribution is 2.40. The van der Waals surface area contributed by atoms with Gasteiger partial charge in [0.05, 0.1) is 22.9 Å². The van der Waals surface area contributed by atoms with Crippen LogP contribution in [0.1, 0.15) is 63.2 Å². The van der Waals surface area contributed by atoms with Gasteiger partial charge in [0.2, 0.25) is 5.91 Å². The first-order valence-electron chi connectivity index (χ1n) is 13.3. The van der Waals surface area contributed by atoms with Crippen molar-refractivity contribution in [2.45, 2.75) is 31.8 Å². The fourth-order valence-electron chi connectivity index (χ4n) is 5.02. The van der Waals surface area contributed by atoms with E-state index in [0.717, 1.165) is 23.7 Å². The largest absolute Gasteiger partial charge is 0.478 e. The van der Waals surface area contributed by atoms with Crippen LogP contribution in [-0.2, 0) is 11.2 Å². The second-order valence-electron chi connectivity index (χ2n) is 9.74. The van der Waals surface area contributed by atoms with Crippen molar-refractivity contribution in [3.63, 3.8) is 0 Å². The third-order valence-corrected chi connectivity index (χ3v) is 7.43. The Hall–Kier alpha value is -5.03. The molecule has 5 rings (SSSR count). The third kappa shape index (κ3) is 6.01. The van der Waals surface area contributed by atoms with Crippen molar-refractivity contribution < 1.29 is 29.0 Å². The second kappa shape index (κ2) is 12.2. The zero-order valence-electron chi connectivity index (χ0n) is 22.6. The normalized spacial score (nSPS) is 16.2. The first-order chi connectivity index (χ1) is 20.2. The summed E-state index contributed by atoms with van der Waals surface area (Å²) in [6.45, 7) is 2.31. The molecule has 42 heavy (non-hydrogen) atoms. The first-order valence-corrected chi connectivity index (χ1v) is 13.7. The number of hydrogen-bond donors (Lipinski definition) is 4. The summed E-state index contributed by atoms with van der Waals surface area (Å²) in [5, 5.41) is 25.7. The number of anilines is 1. The number of benzene rings is 2. The summed E-state index contributed by atoms with van der Waals surface area (Å²) >= 11 is 5.69. The maximum absolute atomic E-state index is 13.0. The van der Waals surface area contributed by atoms with E-state index in [0.29, 0.717) is 27.9 Å². The lowest BCUT2D eigenvalue weighted by Crippen LogP contribution is -2.32. The molecule has 0 unspecified atom stereocenters. The van der Waals surface area contributed by atoms with Crippen LogP contribution in [0.25, 0.3) is 11.3 Å². The standard InChI is InChI=1S/C31H28N4O6S/c1-2-18-7-3-4-8-22(18)33-26(36)12-14-35-28(27(34-31(35)42)23-9-5-6-13-32-23)25-11-10-24(41-25)19-15-20(29(37)38)17-21(16-19)30(39)40/h3-11,13,15-17,27-28H,2,12,14H2,1H3,(H,33,36)(H,34,42)(H,37,38)(H,39,40)/t27-,28+/m1/s1. The van der Waals surface area contributed by atoms with Crippen molar-refractivity contribution in [2.24, 2.45) is 0 Å². The quantitative estimate of drug-likeness (QED) is 0.181. The van der Waals surface area contributed by atoms with Gasteiger partial charge in [-0.05, 0) is 72.7 Å². The van der Waals surface area contributed by atoms with E-state index < -0.39 is 24.0 Å². The van der Waals surface area contributed by atoms with E-state index in [1.165, 1.54) is 12.1 Å². The number of thiocarbonyl (C=S) groups is 1. The first kappa shape index (κ1) is 28.5. The van der Waals surface area contributed by atoms with Crippen LogP contribution in [0.15, 0.2) is 83.4 Å². The molecule has 214 valence electrons. The molecule has 1 fully saturated rings. The molecule has 3 heterocycles. The van der Waals surface area contributed by atoms with Crippen molar-refractivity contribution in [1.29, 1.82) is 0 Å². The number of furan rings is 1. The maximum atomic E-state index is 13.0. The molecule has 2 aromatic heterocycles. The number of aromatic nitrogens is 1. The Balaban J connectivity index is 1.44. The number of carboxylic acid groups (broad SMARTS) is 2. The number of para-hydroxylation sites is 1. The molecule has 0 spiro atoms. The molecule has 2 atom stereocenters. The zero-order chi connectivity index (χ0) is 29.8. The van der Waals surface area contributed by atoms with Gasteiger partial charge in [-0.3, -0.25) is 9.78 Å². The summed E-state index contributed by atoms with van der Waals surface area (Å²) in [4.78, 5) is 42.6. The van der Waals surface area contributed by atoms with Crippen LogP contribution >= 0.6 is 12.2 Å². The molecule has 4 N–H and O–H groups in total. The third-order valence-electron chi connectivity index (χ3n) is 7.08. The molecule has 0 saturated carbocycles. The SMILES string of the molecule is CCc1ccccc1NC(=O)CCN1C(=S)N[C@H](c2ccccn2)[C@@H]1c1ccc(-c2cc(C(=O)O)cc(C(=O)O)c2)o1. The molecule has 11 heteroatoms. The Labute approximate surface area is 247 Å². The lowest BCUT2D eigenvalue weighted by atomic mass is 10.0. The van der Waals surface area contributed by atoms with Gasteiger partial charge in [-0.1, -0.05) is 31.2 Å². The Morgan fingerprint density at radius 3 is 2.38 bits per heavy atom. The van der Waals surface area contributed by atoms with Crippen molar-refractivity contribution in [3.05, 3.63) is 107 Å². The van der Waals surface area contributed by atoms with Crippen LogP contribution in [0.5, 0.6) is 0 Å². The number of carbonyl (C=O) groups excluding carboxylic acids is 1. The minimum Gasteiger partial charge on any atom is -0.478 e. The van der Waals surface area contributed by atoms with E-state index in [4.69, 9.17) is 16.6 Å². The number of pyridine rings is 1.